The molecule has 4 aliphatic heterocycles. The maximum absolute atomic E-state index is 12.4. The number of hydrogen-bond donors (Lipinski definition) is 4. The van der Waals surface area contributed by atoms with Gasteiger partial charge in [-0.05, 0) is 42.8 Å². The van der Waals surface area contributed by atoms with Gasteiger partial charge >= 0.3 is 0 Å². The molecule has 0 saturated carbocycles. The van der Waals surface area contributed by atoms with Crippen LogP contribution in [0.5, 0.6) is 0 Å². The number of carbonyl (C=O) groups excluding carboxylic acids is 2. The fraction of sp³-hybridized carbons (Fsp3) is 0.300. The number of nitrogens with one attached hydrogen (secondary N) is 4. The smallest absolute Gasteiger partial charge is 0.227 e. The summed E-state index contributed by atoms with van der Waals surface area (Å²) in [7, 11) is 0. The summed E-state index contributed by atoms with van der Waals surface area (Å²) in [5.41, 5.74) is 6.83. The summed E-state index contributed by atoms with van der Waals surface area (Å²) in [5, 5.41) is 16.0. The van der Waals surface area contributed by atoms with Crippen LogP contribution in [0.1, 0.15) is 12.1 Å². The first kappa shape index (κ1) is 28.4. The van der Waals surface area contributed by atoms with Crippen molar-refractivity contribution in [2.45, 2.75) is 6.42 Å². The number of carbonyl (C=O) groups is 2. The molecule has 0 unspecified atom stereocenters. The minimum atomic E-state index is 0. The van der Waals surface area contributed by atoms with Crippen molar-refractivity contribution in [3.05, 3.63) is 70.7 Å². The van der Waals surface area contributed by atoms with Crippen molar-refractivity contribution in [2.75, 3.05) is 57.7 Å². The number of ketones is 2. The van der Waals surface area contributed by atoms with Gasteiger partial charge in [-0.1, -0.05) is 17.7 Å². The minimum absolute atomic E-state index is 0. The third-order valence-corrected chi connectivity index (χ3v) is 8.38. The molecule has 3 saturated heterocycles. The second-order valence-electron chi connectivity index (χ2n) is 11.1. The Kier molecular flexibility index (Phi) is 7.27. The van der Waals surface area contributed by atoms with Gasteiger partial charge in [0.15, 0.2) is 0 Å². The second-order valence-corrected chi connectivity index (χ2v) is 11.5. The van der Waals surface area contributed by atoms with Crippen LogP contribution in [-0.2, 0) is 9.59 Å². The molecule has 3 fully saturated rings. The number of Topliss-reactive ketones (excluding diaryl/α,β-unsaturated/α-hetero) is 1. The third-order valence-electron chi connectivity index (χ3n) is 8.09. The maximum atomic E-state index is 12.4. The summed E-state index contributed by atoms with van der Waals surface area (Å²) in [6.07, 6.45) is 6.29. The monoisotopic (exact) mass is 632 g/mol. The van der Waals surface area contributed by atoms with Gasteiger partial charge in [0, 0.05) is 68.7 Å². The molecule has 1 aromatic carbocycles. The molecule has 4 N–H and O–H groups in total. The van der Waals surface area contributed by atoms with E-state index in [9.17, 15) is 9.59 Å². The summed E-state index contributed by atoms with van der Waals surface area (Å²) < 4.78 is 0. The lowest BCUT2D eigenvalue weighted by Crippen LogP contribution is -2.29. The summed E-state index contributed by atoms with van der Waals surface area (Å²) in [4.78, 5) is 42.7. The van der Waals surface area contributed by atoms with Crippen molar-refractivity contribution < 1.29 is 9.59 Å². The van der Waals surface area contributed by atoms with Gasteiger partial charge in [0.1, 0.15) is 34.3 Å². The highest BCUT2D eigenvalue weighted by molar-refractivity contribution is 6.34. The number of fused-ring (bicyclic) bond motifs is 2. The molecule has 1 aliphatic carbocycles. The van der Waals surface area contributed by atoms with Crippen molar-refractivity contribution in [3.63, 3.8) is 0 Å². The predicted octanol–water partition coefficient (Wildman–Crippen LogP) is 3.21. The first-order valence-corrected chi connectivity index (χ1v) is 14.9. The zero-order valence-electron chi connectivity index (χ0n) is 23.7. The summed E-state index contributed by atoms with van der Waals surface area (Å²) in [6, 6.07) is 7.94. The van der Waals surface area contributed by atoms with E-state index >= 15 is 0 Å². The SMILES string of the molecule is Cl.Clc1[nH]nc2ccc(Nc3ncnc4[nH]c(C5=CCNCC5)cc34)cc12.O=C1C=C(N2CC2)C(=O)C(N2CC2)=C1N1CC1. The molecule has 9 rings (SSSR count). The van der Waals surface area contributed by atoms with Gasteiger partial charge in [0.25, 0.3) is 0 Å². The number of aromatic amines is 2. The third kappa shape index (κ3) is 5.40. The molecular formula is C30H30Cl2N10O2. The number of nitrogens with zero attached hydrogens (tertiary/aromatic N) is 6. The van der Waals surface area contributed by atoms with E-state index in [0.29, 0.717) is 22.2 Å². The van der Waals surface area contributed by atoms with Gasteiger partial charge in [0.2, 0.25) is 11.6 Å². The quantitative estimate of drug-likeness (QED) is 0.185. The van der Waals surface area contributed by atoms with Crippen molar-refractivity contribution >= 4 is 74.6 Å². The molecule has 5 aliphatic rings. The molecule has 3 aromatic heterocycles. The van der Waals surface area contributed by atoms with Crippen LogP contribution >= 0.6 is 24.0 Å². The number of benzene rings is 1. The normalized spacial score (nSPS) is 19.0. The van der Waals surface area contributed by atoms with E-state index in [1.807, 2.05) is 32.9 Å². The highest BCUT2D eigenvalue weighted by Crippen LogP contribution is 2.34. The van der Waals surface area contributed by atoms with Crippen molar-refractivity contribution in [1.29, 1.82) is 0 Å². The number of hydrogen-bond acceptors (Lipinski definition) is 10. The Balaban J connectivity index is 0.000000150. The Morgan fingerprint density at radius 2 is 1.68 bits per heavy atom. The fourth-order valence-electron chi connectivity index (χ4n) is 5.55. The standard InChI is InChI=1S/C18H16ClN7.C12H13N3O2.ClH/c19-16-12-7-11(1-2-14(12)25-26-16)23-17-13-8-15(10-3-5-20-6-4-10)24-18(13)22-9-21-17;16-9-7-8(13-1-2-13)12(17)11(15-5-6-15)10(9)14-3-4-14;/h1-3,7-9,20H,4-6H2,(H,25,26)(H2,21,22,23,24);7H,1-6H2;1H. The molecule has 0 amide bonds. The fourth-order valence-corrected chi connectivity index (χ4v) is 5.74. The van der Waals surface area contributed by atoms with Crippen LogP contribution in [0.15, 0.2) is 59.8 Å². The lowest BCUT2D eigenvalue weighted by atomic mass is 10.0. The molecule has 0 spiro atoms. The topological polar surface area (TPSA) is 137 Å². The van der Waals surface area contributed by atoms with E-state index in [-0.39, 0.29) is 24.0 Å². The molecule has 7 heterocycles. The number of halogens is 2. The van der Waals surface area contributed by atoms with Crippen LogP contribution in [0.25, 0.3) is 27.5 Å². The minimum Gasteiger partial charge on any atom is -0.365 e. The lowest BCUT2D eigenvalue weighted by Gasteiger charge is -2.21. The van der Waals surface area contributed by atoms with Crippen LogP contribution in [-0.4, -0.2) is 104 Å². The van der Waals surface area contributed by atoms with Gasteiger partial charge < -0.3 is 30.3 Å². The average molecular weight is 634 g/mol. The molecule has 12 nitrogen and oxygen atoms in total. The molecule has 44 heavy (non-hydrogen) atoms. The van der Waals surface area contributed by atoms with Crippen LogP contribution in [0.3, 0.4) is 0 Å². The van der Waals surface area contributed by atoms with Crippen molar-refractivity contribution in [2.24, 2.45) is 0 Å². The lowest BCUT2D eigenvalue weighted by molar-refractivity contribution is -0.117. The largest absolute Gasteiger partial charge is 0.365 e. The van der Waals surface area contributed by atoms with Crippen molar-refractivity contribution in [1.82, 2.24) is 45.2 Å². The number of allylic oxidation sites excluding steroid dienone is 1. The van der Waals surface area contributed by atoms with E-state index in [1.165, 1.54) is 11.6 Å². The summed E-state index contributed by atoms with van der Waals surface area (Å²) >= 11 is 6.14. The Hall–Kier alpha value is -4.39. The van der Waals surface area contributed by atoms with E-state index < -0.39 is 0 Å². The van der Waals surface area contributed by atoms with E-state index in [4.69, 9.17) is 11.6 Å². The van der Waals surface area contributed by atoms with Crippen LogP contribution in [0, 0.1) is 0 Å². The van der Waals surface area contributed by atoms with Crippen LogP contribution in [0.2, 0.25) is 5.15 Å². The average Bonchev–Trinajstić information content (AvgIpc) is 3.91. The zero-order chi connectivity index (χ0) is 29.1. The number of rotatable bonds is 6. The van der Waals surface area contributed by atoms with Gasteiger partial charge in [-0.3, -0.25) is 14.7 Å². The molecular weight excluding hydrogens is 603 g/mol. The molecule has 14 heteroatoms. The summed E-state index contributed by atoms with van der Waals surface area (Å²) in [6.45, 7) is 7.29. The number of anilines is 2. The summed E-state index contributed by atoms with van der Waals surface area (Å²) in [5.74, 6) is 0.804. The van der Waals surface area contributed by atoms with E-state index in [0.717, 1.165) is 97.9 Å². The maximum Gasteiger partial charge on any atom is 0.227 e. The molecule has 226 valence electrons. The van der Waals surface area contributed by atoms with Crippen LogP contribution in [0.4, 0.5) is 11.5 Å². The Morgan fingerprint density at radius 3 is 2.41 bits per heavy atom. The van der Waals surface area contributed by atoms with Crippen molar-refractivity contribution in [3.8, 4) is 0 Å². The number of aromatic nitrogens is 5. The molecule has 0 atom stereocenters. The predicted molar refractivity (Wildman–Crippen MR) is 171 cm³/mol. The number of H-pyrrole nitrogens is 2. The molecule has 0 radical (unpaired) electrons. The first-order chi connectivity index (χ1) is 21.0. The molecule has 0 bridgehead atoms. The Bertz CT molecular complexity index is 1900. The van der Waals surface area contributed by atoms with E-state index in [2.05, 4.69) is 47.9 Å². The Labute approximate surface area is 263 Å². The second kappa shape index (κ2) is 11.3. The Morgan fingerprint density at radius 1 is 0.909 bits per heavy atom. The van der Waals surface area contributed by atoms with Gasteiger partial charge in [-0.15, -0.1) is 12.4 Å². The highest BCUT2D eigenvalue weighted by Gasteiger charge is 2.43. The highest BCUT2D eigenvalue weighted by atomic mass is 35.5. The zero-order valence-corrected chi connectivity index (χ0v) is 25.3. The van der Waals surface area contributed by atoms with Crippen LogP contribution < -0.4 is 10.6 Å². The van der Waals surface area contributed by atoms with Gasteiger partial charge in [-0.2, -0.15) is 5.10 Å². The van der Waals surface area contributed by atoms with Gasteiger partial charge in [-0.25, -0.2) is 9.97 Å². The molecule has 4 aromatic rings. The van der Waals surface area contributed by atoms with E-state index in [1.54, 1.807) is 6.33 Å². The van der Waals surface area contributed by atoms with Gasteiger partial charge in [0.05, 0.1) is 16.6 Å². The first-order valence-electron chi connectivity index (χ1n) is 14.5.